The highest BCUT2D eigenvalue weighted by molar-refractivity contribution is 7.91. The average molecular weight is 319 g/mol. The normalized spacial score (nSPS) is 14.5. The molecule has 6 heteroatoms. The molecule has 1 rings (SSSR count). The molecule has 116 valence electrons. The molecule has 0 aliphatic heterocycles. The fourth-order valence-corrected chi connectivity index (χ4v) is 3.67. The van der Waals surface area contributed by atoms with E-state index in [1.54, 1.807) is 18.3 Å². The zero-order valence-electron chi connectivity index (χ0n) is 13.3. The monoisotopic (exact) mass is 318 g/mol. The Morgan fingerprint density at radius 1 is 1.35 bits per heavy atom. The van der Waals surface area contributed by atoms with Gasteiger partial charge >= 0.3 is 0 Å². The summed E-state index contributed by atoms with van der Waals surface area (Å²) < 4.78 is 22.9. The highest BCUT2D eigenvalue weighted by Gasteiger charge is 2.22. The highest BCUT2D eigenvalue weighted by atomic mass is 32.2. The van der Waals surface area contributed by atoms with E-state index in [4.69, 9.17) is 0 Å². The molecule has 0 spiro atoms. The third-order valence-corrected chi connectivity index (χ3v) is 6.64. The van der Waals surface area contributed by atoms with Crippen LogP contribution in [0.2, 0.25) is 0 Å². The average Bonchev–Trinajstić information content (AvgIpc) is 2.71. The molecule has 0 radical (unpaired) electrons. The van der Waals surface area contributed by atoms with E-state index in [0.29, 0.717) is 6.54 Å². The van der Waals surface area contributed by atoms with Gasteiger partial charge in [-0.2, -0.15) is 0 Å². The maximum absolute atomic E-state index is 11.5. The van der Waals surface area contributed by atoms with E-state index in [2.05, 4.69) is 38.0 Å². The quantitative estimate of drug-likeness (QED) is 0.876. The molecule has 0 saturated carbocycles. The van der Waals surface area contributed by atoms with E-state index in [9.17, 15) is 8.42 Å². The molecule has 0 aromatic carbocycles. The number of aryl methyl sites for hydroxylation is 1. The van der Waals surface area contributed by atoms with Gasteiger partial charge < -0.3 is 5.32 Å². The highest BCUT2D eigenvalue weighted by Crippen LogP contribution is 2.32. The van der Waals surface area contributed by atoms with E-state index in [0.717, 1.165) is 10.7 Å². The second kappa shape index (κ2) is 6.54. The van der Waals surface area contributed by atoms with Crippen LogP contribution in [0.5, 0.6) is 0 Å². The van der Waals surface area contributed by atoms with Crippen LogP contribution in [-0.4, -0.2) is 31.5 Å². The van der Waals surface area contributed by atoms with Crippen molar-refractivity contribution in [2.45, 2.75) is 53.0 Å². The van der Waals surface area contributed by atoms with Crippen molar-refractivity contribution in [3.05, 3.63) is 15.6 Å². The minimum atomic E-state index is -2.90. The van der Waals surface area contributed by atoms with Crippen molar-refractivity contribution in [1.82, 2.24) is 10.3 Å². The van der Waals surface area contributed by atoms with Crippen LogP contribution in [0.1, 0.15) is 56.2 Å². The van der Waals surface area contributed by atoms with Gasteiger partial charge in [-0.15, -0.1) is 11.3 Å². The molecule has 0 saturated heterocycles. The lowest BCUT2D eigenvalue weighted by molar-refractivity contribution is 0.574. The summed E-state index contributed by atoms with van der Waals surface area (Å²) in [5.41, 5.74) is 1.09. The molecule has 1 N–H and O–H groups in total. The summed E-state index contributed by atoms with van der Waals surface area (Å²) >= 11 is 1.72. The number of hydrogen-bond donors (Lipinski definition) is 1. The largest absolute Gasteiger partial charge is 0.308 e. The number of thiazole rings is 1. The minimum absolute atomic E-state index is 0.0545. The molecule has 0 fully saturated rings. The topological polar surface area (TPSA) is 59.1 Å². The van der Waals surface area contributed by atoms with Gasteiger partial charge in [-0.05, 0) is 13.8 Å². The predicted octanol–water partition coefficient (Wildman–Crippen LogP) is 2.83. The van der Waals surface area contributed by atoms with Crippen LogP contribution in [-0.2, 0) is 15.3 Å². The first kappa shape index (κ1) is 17.6. The Balaban J connectivity index is 2.69. The smallest absolute Gasteiger partial charge is 0.151 e. The zero-order chi connectivity index (χ0) is 15.6. The Morgan fingerprint density at radius 3 is 2.40 bits per heavy atom. The molecule has 1 aromatic heterocycles. The molecule has 1 heterocycles. The van der Waals surface area contributed by atoms with E-state index < -0.39 is 9.84 Å². The summed E-state index contributed by atoms with van der Waals surface area (Å²) in [5, 5.41) is 4.41. The maximum atomic E-state index is 11.5. The predicted molar refractivity (Wildman–Crippen MR) is 86.3 cm³/mol. The van der Waals surface area contributed by atoms with Gasteiger partial charge in [0.1, 0.15) is 0 Å². The minimum Gasteiger partial charge on any atom is -0.308 e. The number of aromatic nitrogens is 1. The SMILES string of the molecule is CCS(=O)(=O)CCNC(C)c1sc(C(C)(C)C)nc1C. The zero-order valence-corrected chi connectivity index (χ0v) is 14.9. The van der Waals surface area contributed by atoms with Crippen molar-refractivity contribution in [1.29, 1.82) is 0 Å². The van der Waals surface area contributed by atoms with Gasteiger partial charge in [0.15, 0.2) is 9.84 Å². The number of nitrogens with zero attached hydrogens (tertiary/aromatic N) is 1. The molecule has 0 aliphatic rings. The van der Waals surface area contributed by atoms with Gasteiger partial charge in [-0.3, -0.25) is 0 Å². The van der Waals surface area contributed by atoms with Crippen LogP contribution in [0.15, 0.2) is 0 Å². The van der Waals surface area contributed by atoms with E-state index in [1.807, 2.05) is 6.92 Å². The third kappa shape index (κ3) is 4.82. The number of nitrogens with one attached hydrogen (secondary N) is 1. The number of rotatable bonds is 6. The van der Waals surface area contributed by atoms with Crippen molar-refractivity contribution in [2.75, 3.05) is 18.1 Å². The molecule has 0 aliphatic carbocycles. The molecule has 1 unspecified atom stereocenters. The van der Waals surface area contributed by atoms with Crippen molar-refractivity contribution >= 4 is 21.2 Å². The Labute approximate surface area is 126 Å². The molecule has 0 bridgehead atoms. The Hall–Kier alpha value is -0.460. The Bertz CT molecular complexity index is 542. The van der Waals surface area contributed by atoms with Gasteiger partial charge in [-0.1, -0.05) is 27.7 Å². The second-order valence-electron chi connectivity index (χ2n) is 6.13. The molecule has 1 aromatic rings. The summed E-state index contributed by atoms with van der Waals surface area (Å²) in [6, 6.07) is 0.135. The molecule has 0 amide bonds. The lowest BCUT2D eigenvalue weighted by Crippen LogP contribution is -2.26. The van der Waals surface area contributed by atoms with Crippen molar-refractivity contribution < 1.29 is 8.42 Å². The van der Waals surface area contributed by atoms with Crippen LogP contribution < -0.4 is 5.32 Å². The van der Waals surface area contributed by atoms with Crippen molar-refractivity contribution in [3.8, 4) is 0 Å². The van der Waals surface area contributed by atoms with Crippen LogP contribution in [0.3, 0.4) is 0 Å². The maximum Gasteiger partial charge on any atom is 0.151 e. The van der Waals surface area contributed by atoms with Crippen molar-refractivity contribution in [3.63, 3.8) is 0 Å². The first-order valence-electron chi connectivity index (χ1n) is 6.98. The van der Waals surface area contributed by atoms with Gasteiger partial charge in [-0.25, -0.2) is 13.4 Å². The summed E-state index contributed by atoms with van der Waals surface area (Å²) in [6.45, 7) is 12.7. The Kier molecular flexibility index (Phi) is 5.75. The number of sulfone groups is 1. The number of hydrogen-bond acceptors (Lipinski definition) is 5. The summed E-state index contributed by atoms with van der Waals surface area (Å²) in [5.74, 6) is 0.397. The van der Waals surface area contributed by atoms with Gasteiger partial charge in [0, 0.05) is 28.6 Å². The lowest BCUT2D eigenvalue weighted by Gasteiger charge is -2.14. The standard InChI is InChI=1S/C14H26N2O2S2/c1-7-20(17,18)9-8-15-10(2)12-11(3)16-13(19-12)14(4,5)6/h10,15H,7-9H2,1-6H3. The van der Waals surface area contributed by atoms with Crippen LogP contribution in [0.25, 0.3) is 0 Å². The van der Waals surface area contributed by atoms with E-state index in [1.165, 1.54) is 4.88 Å². The molecule has 1 atom stereocenters. The van der Waals surface area contributed by atoms with Crippen LogP contribution >= 0.6 is 11.3 Å². The first-order chi connectivity index (χ1) is 9.07. The summed E-state index contributed by atoms with van der Waals surface area (Å²) in [7, 11) is -2.90. The molecule has 20 heavy (non-hydrogen) atoms. The molecular formula is C14H26N2O2S2. The van der Waals surface area contributed by atoms with Gasteiger partial charge in [0.05, 0.1) is 16.5 Å². The fraction of sp³-hybridized carbons (Fsp3) is 0.786. The molecule has 4 nitrogen and oxygen atoms in total. The summed E-state index contributed by atoms with van der Waals surface area (Å²) in [4.78, 5) is 5.83. The lowest BCUT2D eigenvalue weighted by atomic mass is 9.98. The van der Waals surface area contributed by atoms with Gasteiger partial charge in [0.25, 0.3) is 0 Å². The fourth-order valence-electron chi connectivity index (χ4n) is 1.80. The van der Waals surface area contributed by atoms with Gasteiger partial charge in [0.2, 0.25) is 0 Å². The molecular weight excluding hydrogens is 292 g/mol. The Morgan fingerprint density at radius 2 is 1.95 bits per heavy atom. The second-order valence-corrected chi connectivity index (χ2v) is 9.63. The van der Waals surface area contributed by atoms with Crippen molar-refractivity contribution in [2.24, 2.45) is 0 Å². The third-order valence-electron chi connectivity index (χ3n) is 3.17. The van der Waals surface area contributed by atoms with Crippen LogP contribution in [0, 0.1) is 6.92 Å². The van der Waals surface area contributed by atoms with E-state index >= 15 is 0 Å². The van der Waals surface area contributed by atoms with Crippen LogP contribution in [0.4, 0.5) is 0 Å². The first-order valence-corrected chi connectivity index (χ1v) is 9.62. The summed E-state index contributed by atoms with van der Waals surface area (Å²) in [6.07, 6.45) is 0. The van der Waals surface area contributed by atoms with E-state index in [-0.39, 0.29) is 23.0 Å².